The van der Waals surface area contributed by atoms with Crippen LogP contribution in [-0.2, 0) is 13.0 Å². The van der Waals surface area contributed by atoms with Crippen molar-refractivity contribution in [2.24, 2.45) is 0 Å². The molecule has 2 aromatic rings. The highest BCUT2D eigenvalue weighted by Gasteiger charge is 1.97. The van der Waals surface area contributed by atoms with Crippen LogP contribution in [0.4, 0.5) is 0 Å². The van der Waals surface area contributed by atoms with E-state index in [0.717, 1.165) is 19.5 Å². The van der Waals surface area contributed by atoms with Gasteiger partial charge < -0.3 is 5.32 Å². The van der Waals surface area contributed by atoms with Crippen LogP contribution < -0.4 is 5.32 Å². The molecule has 2 rings (SSSR count). The van der Waals surface area contributed by atoms with Gasteiger partial charge in [-0.1, -0.05) is 0 Å². The molecule has 0 unspecified atom stereocenters. The molecule has 0 amide bonds. The fourth-order valence-corrected chi connectivity index (χ4v) is 3.45. The van der Waals surface area contributed by atoms with E-state index in [2.05, 4.69) is 49.5 Å². The Morgan fingerprint density at radius 2 is 2.27 bits per heavy atom. The minimum atomic E-state index is 0.973. The highest BCUT2D eigenvalue weighted by Crippen LogP contribution is 2.19. The Labute approximate surface area is 106 Å². The Kier molecular flexibility index (Phi) is 4.38. The fourth-order valence-electron chi connectivity index (χ4n) is 1.33. The van der Waals surface area contributed by atoms with Crippen LogP contribution in [0.25, 0.3) is 0 Å². The second kappa shape index (κ2) is 5.80. The van der Waals surface area contributed by atoms with Crippen LogP contribution in [0.3, 0.4) is 0 Å². The van der Waals surface area contributed by atoms with E-state index < -0.39 is 0 Å². The summed E-state index contributed by atoms with van der Waals surface area (Å²) in [5, 5.41) is 9.91. The molecule has 2 aromatic heterocycles. The van der Waals surface area contributed by atoms with Gasteiger partial charge in [-0.05, 0) is 57.4 Å². The van der Waals surface area contributed by atoms with Crippen LogP contribution in [-0.4, -0.2) is 6.54 Å². The maximum absolute atomic E-state index is 3.46. The summed E-state index contributed by atoms with van der Waals surface area (Å²) < 4.78 is 1.18. The van der Waals surface area contributed by atoms with Gasteiger partial charge in [-0.3, -0.25) is 0 Å². The van der Waals surface area contributed by atoms with E-state index in [0.29, 0.717) is 0 Å². The summed E-state index contributed by atoms with van der Waals surface area (Å²) in [6.07, 6.45) is 1.12. The third-order valence-electron chi connectivity index (χ3n) is 2.09. The van der Waals surface area contributed by atoms with Gasteiger partial charge in [0, 0.05) is 21.3 Å². The average molecular weight is 302 g/mol. The van der Waals surface area contributed by atoms with Crippen LogP contribution >= 0.6 is 38.6 Å². The lowest BCUT2D eigenvalue weighted by molar-refractivity contribution is 0.694. The van der Waals surface area contributed by atoms with Gasteiger partial charge in [-0.25, -0.2) is 0 Å². The highest BCUT2D eigenvalue weighted by atomic mass is 79.9. The molecular formula is C11H12BrNS2. The van der Waals surface area contributed by atoms with Gasteiger partial charge in [0.05, 0.1) is 0 Å². The summed E-state index contributed by atoms with van der Waals surface area (Å²) in [5.74, 6) is 0. The molecule has 0 fully saturated rings. The van der Waals surface area contributed by atoms with E-state index >= 15 is 0 Å². The monoisotopic (exact) mass is 301 g/mol. The summed E-state index contributed by atoms with van der Waals surface area (Å²) in [4.78, 5) is 1.38. The molecule has 4 heteroatoms. The van der Waals surface area contributed by atoms with Crippen molar-refractivity contribution >= 4 is 38.6 Å². The number of nitrogens with one attached hydrogen (secondary N) is 1. The van der Waals surface area contributed by atoms with E-state index in [1.165, 1.54) is 14.9 Å². The van der Waals surface area contributed by atoms with Crippen LogP contribution in [0.2, 0.25) is 0 Å². The van der Waals surface area contributed by atoms with E-state index in [1.807, 2.05) is 0 Å². The van der Waals surface area contributed by atoms with Crippen molar-refractivity contribution in [2.45, 2.75) is 13.0 Å². The Morgan fingerprint density at radius 1 is 1.33 bits per heavy atom. The largest absolute Gasteiger partial charge is 0.312 e. The second-order valence-corrected chi connectivity index (χ2v) is 5.98. The summed E-state index contributed by atoms with van der Waals surface area (Å²) in [5.41, 5.74) is 1.43. The molecule has 0 bridgehead atoms. The van der Waals surface area contributed by atoms with E-state index in [-0.39, 0.29) is 0 Å². The first-order valence-corrected chi connectivity index (χ1v) is 7.41. The van der Waals surface area contributed by atoms with Crippen LogP contribution in [0, 0.1) is 0 Å². The molecule has 0 spiro atoms. The number of hydrogen-bond acceptors (Lipinski definition) is 3. The van der Waals surface area contributed by atoms with Crippen molar-refractivity contribution in [3.8, 4) is 0 Å². The Hall–Kier alpha value is -0.160. The molecule has 2 heterocycles. The van der Waals surface area contributed by atoms with E-state index in [4.69, 9.17) is 0 Å². The molecule has 0 aromatic carbocycles. The summed E-state index contributed by atoms with van der Waals surface area (Å²) in [6.45, 7) is 2.02. The first-order chi connectivity index (χ1) is 7.34. The number of hydrogen-bond donors (Lipinski definition) is 1. The topological polar surface area (TPSA) is 12.0 Å². The first kappa shape index (κ1) is 11.3. The minimum Gasteiger partial charge on any atom is -0.312 e. The Balaban J connectivity index is 1.67. The van der Waals surface area contributed by atoms with Crippen molar-refractivity contribution < 1.29 is 0 Å². The molecule has 0 saturated carbocycles. The zero-order chi connectivity index (χ0) is 10.5. The minimum absolute atomic E-state index is 0.973. The van der Waals surface area contributed by atoms with Gasteiger partial charge in [-0.15, -0.1) is 11.3 Å². The van der Waals surface area contributed by atoms with Gasteiger partial charge in [-0.2, -0.15) is 11.3 Å². The third kappa shape index (κ3) is 3.72. The van der Waals surface area contributed by atoms with Crippen molar-refractivity contribution in [1.29, 1.82) is 0 Å². The standard InChI is InChI=1S/C11H12BrNS2/c12-10-5-11(15-8-10)6-13-3-1-9-2-4-14-7-9/h2,4-5,7-8,13H,1,3,6H2. The SMILES string of the molecule is Brc1csc(CNCCc2ccsc2)c1. The molecule has 0 saturated heterocycles. The van der Waals surface area contributed by atoms with Crippen LogP contribution in [0.5, 0.6) is 0 Å². The van der Waals surface area contributed by atoms with Gasteiger partial charge in [0.1, 0.15) is 0 Å². The van der Waals surface area contributed by atoms with Crippen LogP contribution in [0.1, 0.15) is 10.4 Å². The molecule has 80 valence electrons. The second-order valence-electron chi connectivity index (χ2n) is 3.29. The van der Waals surface area contributed by atoms with E-state index in [1.54, 1.807) is 22.7 Å². The maximum Gasteiger partial charge on any atom is 0.0300 e. The highest BCUT2D eigenvalue weighted by molar-refractivity contribution is 9.10. The zero-order valence-corrected chi connectivity index (χ0v) is 11.4. The quantitative estimate of drug-likeness (QED) is 0.826. The lowest BCUT2D eigenvalue weighted by Crippen LogP contribution is -2.15. The zero-order valence-electron chi connectivity index (χ0n) is 8.20. The van der Waals surface area contributed by atoms with Crippen molar-refractivity contribution in [3.05, 3.63) is 43.2 Å². The van der Waals surface area contributed by atoms with E-state index in [9.17, 15) is 0 Å². The fraction of sp³-hybridized carbons (Fsp3) is 0.273. The molecule has 1 N–H and O–H groups in total. The predicted octanol–water partition coefficient (Wildman–Crippen LogP) is 3.90. The summed E-state index contributed by atoms with van der Waals surface area (Å²) in [6, 6.07) is 4.36. The molecule has 0 aliphatic heterocycles. The van der Waals surface area contributed by atoms with Gasteiger partial charge in [0.15, 0.2) is 0 Å². The first-order valence-electron chi connectivity index (χ1n) is 4.79. The molecule has 0 aliphatic carbocycles. The smallest absolute Gasteiger partial charge is 0.0300 e. The molecule has 1 nitrogen and oxygen atoms in total. The molecule has 0 radical (unpaired) electrons. The van der Waals surface area contributed by atoms with Crippen LogP contribution in [0.15, 0.2) is 32.7 Å². The van der Waals surface area contributed by atoms with Crippen molar-refractivity contribution in [2.75, 3.05) is 6.54 Å². The Morgan fingerprint density at radius 3 is 2.93 bits per heavy atom. The van der Waals surface area contributed by atoms with Gasteiger partial charge in [0.25, 0.3) is 0 Å². The summed E-state index contributed by atoms with van der Waals surface area (Å²) in [7, 11) is 0. The molecule has 0 aliphatic rings. The molecule has 0 atom stereocenters. The average Bonchev–Trinajstić information content (AvgIpc) is 2.84. The Bertz CT molecular complexity index is 394. The normalized spacial score (nSPS) is 10.7. The predicted molar refractivity (Wildman–Crippen MR) is 71.7 cm³/mol. The van der Waals surface area contributed by atoms with Gasteiger partial charge >= 0.3 is 0 Å². The third-order valence-corrected chi connectivity index (χ3v) is 4.52. The maximum atomic E-state index is 3.46. The number of rotatable bonds is 5. The molecular weight excluding hydrogens is 290 g/mol. The van der Waals surface area contributed by atoms with Crippen molar-refractivity contribution in [1.82, 2.24) is 5.32 Å². The van der Waals surface area contributed by atoms with Gasteiger partial charge in [0.2, 0.25) is 0 Å². The molecule has 15 heavy (non-hydrogen) atoms. The number of halogens is 1. The van der Waals surface area contributed by atoms with Crippen molar-refractivity contribution in [3.63, 3.8) is 0 Å². The number of thiophene rings is 2. The lowest BCUT2D eigenvalue weighted by Gasteiger charge is -2.01. The lowest BCUT2D eigenvalue weighted by atomic mass is 10.2. The summed E-state index contributed by atoms with van der Waals surface area (Å²) >= 11 is 7.01.